The van der Waals surface area contributed by atoms with Crippen LogP contribution >= 0.6 is 11.8 Å². The number of nitrogens with two attached hydrogens (primary N) is 1. The zero-order valence-electron chi connectivity index (χ0n) is 6.60. The van der Waals surface area contributed by atoms with Crippen molar-refractivity contribution in [3.63, 3.8) is 0 Å². The molecule has 0 aliphatic carbocycles. The summed E-state index contributed by atoms with van der Waals surface area (Å²) >= 11 is 1.47. The molecule has 0 fully saturated rings. The van der Waals surface area contributed by atoms with Gasteiger partial charge in [-0.3, -0.25) is 0 Å². The summed E-state index contributed by atoms with van der Waals surface area (Å²) in [5.74, 6) is 1.05. The number of hydrogen-bond donors (Lipinski definition) is 2. The van der Waals surface area contributed by atoms with Crippen LogP contribution < -0.4 is 5.73 Å². The Balaban J connectivity index is 1.93. The van der Waals surface area contributed by atoms with Gasteiger partial charge in [0.1, 0.15) is 6.26 Å². The molecule has 7 heteroatoms. The Labute approximate surface area is 77.9 Å². The first-order chi connectivity index (χ1) is 6.34. The van der Waals surface area contributed by atoms with Crippen molar-refractivity contribution in [1.82, 2.24) is 20.3 Å². The Hall–Kier alpha value is -1.50. The van der Waals surface area contributed by atoms with Gasteiger partial charge in [0.25, 0.3) is 0 Å². The van der Waals surface area contributed by atoms with Crippen LogP contribution in [0.3, 0.4) is 0 Å². The summed E-state index contributed by atoms with van der Waals surface area (Å²) in [7, 11) is 0. The third-order valence-electron chi connectivity index (χ3n) is 1.33. The van der Waals surface area contributed by atoms with Crippen molar-refractivity contribution in [1.29, 1.82) is 0 Å². The SMILES string of the molecule is Nc1nc(SCc2cnoc2)n[nH]1. The van der Waals surface area contributed by atoms with Crippen LogP contribution in [0.2, 0.25) is 0 Å². The van der Waals surface area contributed by atoms with Gasteiger partial charge in [0, 0.05) is 11.3 Å². The van der Waals surface area contributed by atoms with Crippen molar-refractivity contribution in [3.05, 3.63) is 18.0 Å². The fourth-order valence-corrected chi connectivity index (χ4v) is 1.48. The summed E-state index contributed by atoms with van der Waals surface area (Å²) in [4.78, 5) is 3.93. The van der Waals surface area contributed by atoms with Gasteiger partial charge >= 0.3 is 0 Å². The van der Waals surface area contributed by atoms with E-state index in [9.17, 15) is 0 Å². The molecule has 13 heavy (non-hydrogen) atoms. The van der Waals surface area contributed by atoms with Gasteiger partial charge in [-0.2, -0.15) is 4.98 Å². The molecule has 0 atom stereocenters. The number of thioether (sulfide) groups is 1. The topological polar surface area (TPSA) is 93.6 Å². The zero-order chi connectivity index (χ0) is 9.10. The average Bonchev–Trinajstić information content (AvgIpc) is 2.71. The summed E-state index contributed by atoms with van der Waals surface area (Å²) in [6, 6.07) is 0. The van der Waals surface area contributed by atoms with Gasteiger partial charge in [-0.1, -0.05) is 16.9 Å². The molecular formula is C6H7N5OS. The molecular weight excluding hydrogens is 190 g/mol. The lowest BCUT2D eigenvalue weighted by atomic mass is 10.4. The maximum absolute atomic E-state index is 5.35. The molecule has 3 N–H and O–H groups in total. The summed E-state index contributed by atoms with van der Waals surface area (Å²) < 4.78 is 4.67. The second-order valence-corrected chi connectivity index (χ2v) is 3.27. The zero-order valence-corrected chi connectivity index (χ0v) is 7.41. The predicted octanol–water partition coefficient (Wildman–Crippen LogP) is 0.667. The monoisotopic (exact) mass is 197 g/mol. The number of nitrogens with zero attached hydrogens (tertiary/aromatic N) is 3. The molecule has 0 saturated heterocycles. The minimum atomic E-state index is 0.327. The number of nitrogen functional groups attached to an aromatic ring is 1. The van der Waals surface area contributed by atoms with E-state index in [1.807, 2.05) is 0 Å². The summed E-state index contributed by atoms with van der Waals surface area (Å²) in [6.45, 7) is 0. The van der Waals surface area contributed by atoms with Crippen LogP contribution in [0.25, 0.3) is 0 Å². The fourth-order valence-electron chi connectivity index (χ4n) is 0.769. The molecule has 0 saturated carbocycles. The Morgan fingerprint density at radius 1 is 1.62 bits per heavy atom. The third kappa shape index (κ3) is 2.00. The van der Waals surface area contributed by atoms with E-state index in [0.29, 0.717) is 11.1 Å². The average molecular weight is 197 g/mol. The molecule has 0 spiro atoms. The lowest BCUT2D eigenvalue weighted by molar-refractivity contribution is 0.419. The summed E-state index contributed by atoms with van der Waals surface area (Å²) in [5, 5.41) is 10.6. The van der Waals surface area contributed by atoms with E-state index in [2.05, 4.69) is 24.9 Å². The first kappa shape index (κ1) is 8.11. The minimum Gasteiger partial charge on any atom is -0.368 e. The molecule has 0 amide bonds. The number of nitrogens with one attached hydrogen (secondary N) is 1. The van der Waals surface area contributed by atoms with E-state index >= 15 is 0 Å². The Morgan fingerprint density at radius 3 is 3.15 bits per heavy atom. The van der Waals surface area contributed by atoms with E-state index in [0.717, 1.165) is 11.3 Å². The standard InChI is InChI=1S/C6H7N5OS/c7-5-9-6(11-10-5)13-3-4-1-8-12-2-4/h1-2H,3H2,(H3,7,9,10,11). The maximum Gasteiger partial charge on any atom is 0.216 e. The maximum atomic E-state index is 5.35. The largest absolute Gasteiger partial charge is 0.368 e. The number of aromatic nitrogens is 4. The van der Waals surface area contributed by atoms with E-state index in [1.165, 1.54) is 11.8 Å². The van der Waals surface area contributed by atoms with Crippen molar-refractivity contribution in [3.8, 4) is 0 Å². The van der Waals surface area contributed by atoms with Crippen LogP contribution in [-0.2, 0) is 5.75 Å². The Kier molecular flexibility index (Phi) is 2.17. The lowest BCUT2D eigenvalue weighted by Gasteiger charge is -1.89. The van der Waals surface area contributed by atoms with Gasteiger partial charge in [-0.25, -0.2) is 5.10 Å². The van der Waals surface area contributed by atoms with E-state index < -0.39 is 0 Å². The van der Waals surface area contributed by atoms with Gasteiger partial charge in [0.05, 0.1) is 6.20 Å². The highest BCUT2D eigenvalue weighted by Crippen LogP contribution is 2.18. The van der Waals surface area contributed by atoms with Crippen LogP contribution in [0.4, 0.5) is 5.95 Å². The molecule has 2 aromatic heterocycles. The molecule has 2 heterocycles. The van der Waals surface area contributed by atoms with E-state index in [-0.39, 0.29) is 0 Å². The molecule has 0 bridgehead atoms. The quantitative estimate of drug-likeness (QED) is 0.702. The number of hydrogen-bond acceptors (Lipinski definition) is 6. The van der Waals surface area contributed by atoms with Gasteiger partial charge in [0.2, 0.25) is 11.1 Å². The van der Waals surface area contributed by atoms with Crippen molar-refractivity contribution in [2.45, 2.75) is 10.9 Å². The number of rotatable bonds is 3. The van der Waals surface area contributed by atoms with Crippen LogP contribution in [0.1, 0.15) is 5.56 Å². The highest BCUT2D eigenvalue weighted by Gasteiger charge is 2.02. The summed E-state index contributed by atoms with van der Waals surface area (Å²) in [6.07, 6.45) is 3.24. The fraction of sp³-hybridized carbons (Fsp3) is 0.167. The smallest absolute Gasteiger partial charge is 0.216 e. The molecule has 0 aliphatic heterocycles. The molecule has 0 aromatic carbocycles. The minimum absolute atomic E-state index is 0.327. The Bertz CT molecular complexity index is 370. The molecule has 0 unspecified atom stereocenters. The highest BCUT2D eigenvalue weighted by molar-refractivity contribution is 7.98. The number of H-pyrrole nitrogens is 1. The van der Waals surface area contributed by atoms with Gasteiger partial charge in [0.15, 0.2) is 0 Å². The Morgan fingerprint density at radius 2 is 2.54 bits per heavy atom. The van der Waals surface area contributed by atoms with Crippen molar-refractivity contribution < 1.29 is 4.52 Å². The van der Waals surface area contributed by atoms with Gasteiger partial charge in [-0.15, -0.1) is 5.10 Å². The number of aromatic amines is 1. The molecule has 68 valence electrons. The van der Waals surface area contributed by atoms with Crippen molar-refractivity contribution >= 4 is 17.7 Å². The van der Waals surface area contributed by atoms with Crippen molar-refractivity contribution in [2.24, 2.45) is 0 Å². The second-order valence-electron chi connectivity index (χ2n) is 2.32. The molecule has 2 rings (SSSR count). The second kappa shape index (κ2) is 3.48. The third-order valence-corrected chi connectivity index (χ3v) is 2.25. The normalized spacial score (nSPS) is 10.5. The van der Waals surface area contributed by atoms with E-state index in [1.54, 1.807) is 12.5 Å². The number of anilines is 1. The van der Waals surface area contributed by atoms with E-state index in [4.69, 9.17) is 5.73 Å². The molecule has 6 nitrogen and oxygen atoms in total. The van der Waals surface area contributed by atoms with Crippen molar-refractivity contribution in [2.75, 3.05) is 5.73 Å². The molecule has 0 radical (unpaired) electrons. The molecule has 2 aromatic rings. The first-order valence-electron chi connectivity index (χ1n) is 3.53. The van der Waals surface area contributed by atoms with Crippen LogP contribution in [0.15, 0.2) is 22.1 Å². The van der Waals surface area contributed by atoms with Crippen LogP contribution in [0.5, 0.6) is 0 Å². The summed E-state index contributed by atoms with van der Waals surface area (Å²) in [5.41, 5.74) is 6.35. The predicted molar refractivity (Wildman–Crippen MR) is 46.9 cm³/mol. The van der Waals surface area contributed by atoms with Gasteiger partial charge < -0.3 is 10.3 Å². The lowest BCUT2D eigenvalue weighted by Crippen LogP contribution is -1.85. The van der Waals surface area contributed by atoms with Gasteiger partial charge in [-0.05, 0) is 0 Å². The van der Waals surface area contributed by atoms with Crippen LogP contribution in [0, 0.1) is 0 Å². The highest BCUT2D eigenvalue weighted by atomic mass is 32.2. The van der Waals surface area contributed by atoms with Crippen LogP contribution in [-0.4, -0.2) is 20.3 Å². The first-order valence-corrected chi connectivity index (χ1v) is 4.52. The molecule has 0 aliphatic rings.